The van der Waals surface area contributed by atoms with Gasteiger partial charge in [-0.2, -0.15) is 0 Å². The van der Waals surface area contributed by atoms with Crippen LogP contribution in [0.15, 0.2) is 51.8 Å². The number of ether oxygens (including phenoxy) is 1. The van der Waals surface area contributed by atoms with Gasteiger partial charge in [-0.05, 0) is 55.0 Å². The fourth-order valence-electron chi connectivity index (χ4n) is 2.32. The van der Waals surface area contributed by atoms with E-state index < -0.39 is 10.0 Å². The van der Waals surface area contributed by atoms with E-state index >= 15 is 0 Å². The molecule has 0 aliphatic rings. The van der Waals surface area contributed by atoms with Gasteiger partial charge in [-0.25, -0.2) is 17.5 Å². The van der Waals surface area contributed by atoms with Crippen LogP contribution in [0, 0.1) is 12.7 Å². The van der Waals surface area contributed by atoms with E-state index in [4.69, 9.17) is 9.15 Å². The fraction of sp³-hybridized carbons (Fsp3) is 0.176. The van der Waals surface area contributed by atoms with E-state index in [0.717, 1.165) is 0 Å². The third kappa shape index (κ3) is 3.89. The second-order valence-corrected chi connectivity index (χ2v) is 7.20. The Morgan fingerprint density at radius 1 is 1.15 bits per heavy atom. The van der Waals surface area contributed by atoms with Gasteiger partial charge in [-0.1, -0.05) is 0 Å². The molecule has 0 saturated heterocycles. The molecule has 0 aliphatic carbocycles. The van der Waals surface area contributed by atoms with Gasteiger partial charge in [0.15, 0.2) is 0 Å². The Hall–Kier alpha value is -2.78. The minimum atomic E-state index is -3.76. The molecule has 2 aromatic carbocycles. The first-order valence-electron chi connectivity index (χ1n) is 7.61. The average Bonchev–Trinajstić information content (AvgIpc) is 3.09. The standard InChI is InChI=1S/C17H16FN3O4S/c1-11-9-14(24-2)7-8-15(11)26(22,23)19-10-16-20-21-17(25-16)12-3-5-13(18)6-4-12/h3-9,19H,10H2,1-2H3. The maximum absolute atomic E-state index is 12.9. The lowest BCUT2D eigenvalue weighted by molar-refractivity contribution is 0.414. The molecule has 0 saturated carbocycles. The molecule has 3 aromatic rings. The molecule has 0 amide bonds. The second kappa shape index (κ2) is 7.22. The van der Waals surface area contributed by atoms with Gasteiger partial charge in [-0.15, -0.1) is 10.2 Å². The van der Waals surface area contributed by atoms with E-state index in [2.05, 4.69) is 14.9 Å². The van der Waals surface area contributed by atoms with Crippen LogP contribution in [-0.2, 0) is 16.6 Å². The summed E-state index contributed by atoms with van der Waals surface area (Å²) < 4.78 is 50.8. The third-order valence-corrected chi connectivity index (χ3v) is 5.20. The molecule has 0 radical (unpaired) electrons. The van der Waals surface area contributed by atoms with E-state index in [1.807, 2.05) is 0 Å². The molecule has 1 aromatic heterocycles. The monoisotopic (exact) mass is 377 g/mol. The molecule has 7 nitrogen and oxygen atoms in total. The number of methoxy groups -OCH3 is 1. The van der Waals surface area contributed by atoms with Crippen molar-refractivity contribution in [3.8, 4) is 17.2 Å². The van der Waals surface area contributed by atoms with Gasteiger partial charge in [0.25, 0.3) is 0 Å². The number of aromatic nitrogens is 2. The summed E-state index contributed by atoms with van der Waals surface area (Å²) in [6.07, 6.45) is 0. The van der Waals surface area contributed by atoms with Gasteiger partial charge >= 0.3 is 0 Å². The molecule has 0 atom stereocenters. The molecule has 9 heteroatoms. The molecule has 3 rings (SSSR count). The summed E-state index contributed by atoms with van der Waals surface area (Å²) in [6, 6.07) is 10.2. The number of hydrogen-bond donors (Lipinski definition) is 1. The molecule has 136 valence electrons. The van der Waals surface area contributed by atoms with E-state index in [0.29, 0.717) is 16.9 Å². The van der Waals surface area contributed by atoms with Crippen molar-refractivity contribution in [2.45, 2.75) is 18.4 Å². The molecule has 0 fully saturated rings. The van der Waals surface area contributed by atoms with Crippen molar-refractivity contribution in [3.63, 3.8) is 0 Å². The lowest BCUT2D eigenvalue weighted by Gasteiger charge is -2.09. The highest BCUT2D eigenvalue weighted by Gasteiger charge is 2.18. The molecule has 0 aliphatic heterocycles. The molecular formula is C17H16FN3O4S. The molecule has 0 unspecified atom stereocenters. The van der Waals surface area contributed by atoms with Crippen LogP contribution in [0.5, 0.6) is 5.75 Å². The van der Waals surface area contributed by atoms with Crippen LogP contribution >= 0.6 is 0 Å². The summed E-state index contributed by atoms with van der Waals surface area (Å²) in [5.74, 6) is 0.470. The molecule has 0 bridgehead atoms. The molecule has 1 N–H and O–H groups in total. The molecule has 0 spiro atoms. The Balaban J connectivity index is 1.73. The van der Waals surface area contributed by atoms with E-state index in [9.17, 15) is 12.8 Å². The summed E-state index contributed by atoms with van der Waals surface area (Å²) in [7, 11) is -2.25. The van der Waals surface area contributed by atoms with Crippen LogP contribution in [0.25, 0.3) is 11.5 Å². The van der Waals surface area contributed by atoms with Crippen molar-refractivity contribution in [1.29, 1.82) is 0 Å². The van der Waals surface area contributed by atoms with Gasteiger partial charge < -0.3 is 9.15 Å². The Labute approximate surface area is 149 Å². The minimum Gasteiger partial charge on any atom is -0.497 e. The quantitative estimate of drug-likeness (QED) is 0.710. The number of sulfonamides is 1. The lowest BCUT2D eigenvalue weighted by Crippen LogP contribution is -2.24. The van der Waals surface area contributed by atoms with Gasteiger partial charge in [0.2, 0.25) is 21.8 Å². The Kier molecular flexibility index (Phi) is 5.01. The number of halogens is 1. The zero-order valence-corrected chi connectivity index (χ0v) is 14.9. The predicted molar refractivity (Wildman–Crippen MR) is 91.4 cm³/mol. The fourth-order valence-corrected chi connectivity index (χ4v) is 3.52. The number of nitrogens with one attached hydrogen (secondary N) is 1. The largest absolute Gasteiger partial charge is 0.497 e. The minimum absolute atomic E-state index is 0.0964. The van der Waals surface area contributed by atoms with Crippen molar-refractivity contribution < 1.29 is 22.0 Å². The van der Waals surface area contributed by atoms with E-state index in [-0.39, 0.29) is 29.0 Å². The average molecular weight is 377 g/mol. The molecule has 1 heterocycles. The van der Waals surface area contributed by atoms with Gasteiger partial charge in [-0.3, -0.25) is 0 Å². The number of benzene rings is 2. The maximum atomic E-state index is 12.9. The predicted octanol–water partition coefficient (Wildman–Crippen LogP) is 2.67. The van der Waals surface area contributed by atoms with Crippen LogP contribution < -0.4 is 9.46 Å². The van der Waals surface area contributed by atoms with E-state index in [1.54, 1.807) is 19.1 Å². The SMILES string of the molecule is COc1ccc(S(=O)(=O)NCc2nnc(-c3ccc(F)cc3)o2)c(C)c1. The van der Waals surface area contributed by atoms with Gasteiger partial charge in [0.1, 0.15) is 11.6 Å². The Morgan fingerprint density at radius 2 is 1.88 bits per heavy atom. The number of nitrogens with zero attached hydrogens (tertiary/aromatic N) is 2. The van der Waals surface area contributed by atoms with Crippen LogP contribution in [0.3, 0.4) is 0 Å². The van der Waals surface area contributed by atoms with Crippen molar-refractivity contribution in [1.82, 2.24) is 14.9 Å². The third-order valence-electron chi connectivity index (χ3n) is 3.64. The second-order valence-electron chi connectivity index (χ2n) is 5.46. The zero-order chi connectivity index (χ0) is 18.7. The smallest absolute Gasteiger partial charge is 0.247 e. The van der Waals surface area contributed by atoms with Gasteiger partial charge in [0.05, 0.1) is 18.6 Å². The van der Waals surface area contributed by atoms with Crippen LogP contribution in [0.2, 0.25) is 0 Å². The lowest BCUT2D eigenvalue weighted by atomic mass is 10.2. The number of hydrogen-bond acceptors (Lipinski definition) is 6. The Bertz CT molecular complexity index is 1020. The summed E-state index contributed by atoms with van der Waals surface area (Å²) >= 11 is 0. The molecular weight excluding hydrogens is 361 g/mol. The van der Waals surface area contributed by atoms with Crippen molar-refractivity contribution in [2.75, 3.05) is 7.11 Å². The molecule has 26 heavy (non-hydrogen) atoms. The summed E-state index contributed by atoms with van der Waals surface area (Å²) in [5, 5.41) is 7.64. The van der Waals surface area contributed by atoms with Crippen LogP contribution in [0.1, 0.15) is 11.5 Å². The van der Waals surface area contributed by atoms with Crippen molar-refractivity contribution >= 4 is 10.0 Å². The first-order valence-corrected chi connectivity index (χ1v) is 9.10. The summed E-state index contributed by atoms with van der Waals surface area (Å²) in [4.78, 5) is 0.136. The van der Waals surface area contributed by atoms with E-state index in [1.165, 1.54) is 37.4 Å². The van der Waals surface area contributed by atoms with Crippen molar-refractivity contribution in [3.05, 3.63) is 59.7 Å². The first kappa shape index (κ1) is 18.0. The number of rotatable bonds is 6. The summed E-state index contributed by atoms with van der Waals surface area (Å²) in [6.45, 7) is 1.51. The first-order chi connectivity index (χ1) is 12.4. The van der Waals surface area contributed by atoms with Gasteiger partial charge in [0, 0.05) is 5.56 Å². The van der Waals surface area contributed by atoms with Crippen molar-refractivity contribution in [2.24, 2.45) is 0 Å². The highest BCUT2D eigenvalue weighted by molar-refractivity contribution is 7.89. The highest BCUT2D eigenvalue weighted by Crippen LogP contribution is 2.22. The zero-order valence-electron chi connectivity index (χ0n) is 14.1. The normalized spacial score (nSPS) is 11.5. The maximum Gasteiger partial charge on any atom is 0.247 e. The van der Waals surface area contributed by atoms with Crippen LogP contribution in [0.4, 0.5) is 4.39 Å². The summed E-state index contributed by atoms with van der Waals surface area (Å²) in [5.41, 5.74) is 1.09. The van der Waals surface area contributed by atoms with Crippen LogP contribution in [-0.4, -0.2) is 25.7 Å². The Morgan fingerprint density at radius 3 is 2.54 bits per heavy atom. The topological polar surface area (TPSA) is 94.3 Å². The highest BCUT2D eigenvalue weighted by atomic mass is 32.2. The number of aryl methyl sites for hydroxylation is 1.